The average molecular weight is 191 g/mol. The van der Waals surface area contributed by atoms with Crippen LogP contribution in [-0.2, 0) is 6.42 Å². The molecule has 0 radical (unpaired) electrons. The lowest BCUT2D eigenvalue weighted by Crippen LogP contribution is -2.13. The molecule has 0 bridgehead atoms. The number of Topliss-reactive ketones (excluding diaryl/α,β-unsaturated/α-hetero) is 1. The zero-order valence-electron chi connectivity index (χ0n) is 8.79. The van der Waals surface area contributed by atoms with Crippen molar-refractivity contribution in [1.29, 1.82) is 0 Å². The van der Waals surface area contributed by atoms with E-state index in [1.54, 1.807) is 0 Å². The Kier molecular flexibility index (Phi) is 3.84. The normalized spacial score (nSPS) is 10.6. The number of benzene rings is 1. The Morgan fingerprint density at radius 3 is 2.29 bits per heavy atom. The van der Waals surface area contributed by atoms with Gasteiger partial charge in [-0.1, -0.05) is 38.1 Å². The van der Waals surface area contributed by atoms with Gasteiger partial charge in [-0.3, -0.25) is 4.79 Å². The molecular weight excluding hydrogens is 174 g/mol. The Labute approximate surface area is 85.1 Å². The third-order valence-electron chi connectivity index (χ3n) is 2.11. The molecule has 1 aromatic rings. The molecule has 0 atom stereocenters. The van der Waals surface area contributed by atoms with Crippen LogP contribution in [-0.4, -0.2) is 12.3 Å². The van der Waals surface area contributed by atoms with Gasteiger partial charge in [-0.05, 0) is 17.9 Å². The van der Waals surface area contributed by atoms with Crippen LogP contribution >= 0.6 is 0 Å². The highest BCUT2D eigenvalue weighted by molar-refractivity contribution is 5.97. The minimum absolute atomic E-state index is 0.00102. The lowest BCUT2D eigenvalue weighted by Gasteiger charge is -2.05. The minimum atomic E-state index is 0.00102. The first-order valence-electron chi connectivity index (χ1n) is 4.95. The van der Waals surface area contributed by atoms with Crippen molar-refractivity contribution in [2.75, 3.05) is 6.54 Å². The minimum Gasteiger partial charge on any atom is -0.324 e. The Balaban J connectivity index is 2.73. The molecule has 0 spiro atoms. The highest BCUT2D eigenvalue weighted by Gasteiger charge is 2.03. The lowest BCUT2D eigenvalue weighted by atomic mass is 10.0. The maximum absolute atomic E-state index is 11.2. The highest BCUT2D eigenvalue weighted by Crippen LogP contribution is 2.09. The van der Waals surface area contributed by atoms with Gasteiger partial charge in [0.2, 0.25) is 0 Å². The first kappa shape index (κ1) is 10.9. The summed E-state index contributed by atoms with van der Waals surface area (Å²) in [5.74, 6) is 0.646. The Morgan fingerprint density at radius 1 is 1.29 bits per heavy atom. The van der Waals surface area contributed by atoms with Crippen LogP contribution in [0.25, 0.3) is 0 Å². The van der Waals surface area contributed by atoms with Crippen LogP contribution in [0, 0.1) is 5.92 Å². The molecule has 0 fully saturated rings. The van der Waals surface area contributed by atoms with Gasteiger partial charge in [0.05, 0.1) is 6.54 Å². The van der Waals surface area contributed by atoms with E-state index in [1.807, 2.05) is 24.3 Å². The van der Waals surface area contributed by atoms with Crippen LogP contribution in [0.5, 0.6) is 0 Å². The van der Waals surface area contributed by atoms with Crippen molar-refractivity contribution in [3.05, 3.63) is 35.4 Å². The summed E-state index contributed by atoms with van der Waals surface area (Å²) in [4.78, 5) is 11.2. The fraction of sp³-hybridized carbons (Fsp3) is 0.417. The summed E-state index contributed by atoms with van der Waals surface area (Å²) in [7, 11) is 0. The van der Waals surface area contributed by atoms with Crippen molar-refractivity contribution < 1.29 is 4.79 Å². The second kappa shape index (κ2) is 4.91. The second-order valence-electron chi connectivity index (χ2n) is 3.92. The molecule has 0 heterocycles. The van der Waals surface area contributed by atoms with E-state index in [9.17, 15) is 4.79 Å². The average Bonchev–Trinajstić information content (AvgIpc) is 2.17. The number of nitrogens with two attached hydrogens (primary N) is 1. The van der Waals surface area contributed by atoms with E-state index in [4.69, 9.17) is 5.73 Å². The molecule has 2 nitrogen and oxygen atoms in total. The maximum atomic E-state index is 11.2. The molecule has 0 amide bonds. The Bertz CT molecular complexity index is 301. The summed E-state index contributed by atoms with van der Waals surface area (Å²) in [5.41, 5.74) is 7.25. The fourth-order valence-corrected chi connectivity index (χ4v) is 1.42. The lowest BCUT2D eigenvalue weighted by molar-refractivity contribution is 0.100. The molecule has 0 aliphatic rings. The van der Waals surface area contributed by atoms with Crippen molar-refractivity contribution in [2.24, 2.45) is 11.7 Å². The number of hydrogen-bond donors (Lipinski definition) is 1. The molecule has 0 saturated carbocycles. The molecule has 2 heteroatoms. The summed E-state index contributed by atoms with van der Waals surface area (Å²) in [5, 5.41) is 0. The van der Waals surface area contributed by atoms with Crippen LogP contribution < -0.4 is 5.73 Å². The standard InChI is InChI=1S/C12H17NO/c1-9(2)7-10-3-5-11(6-4-10)12(14)8-13/h3-6,9H,7-8,13H2,1-2H3. The molecular formula is C12H17NO. The molecule has 0 aliphatic heterocycles. The first-order chi connectivity index (χ1) is 6.63. The number of ketones is 1. The molecule has 2 N–H and O–H groups in total. The van der Waals surface area contributed by atoms with Crippen LogP contribution in [0.15, 0.2) is 24.3 Å². The highest BCUT2D eigenvalue weighted by atomic mass is 16.1. The van der Waals surface area contributed by atoms with E-state index in [0.29, 0.717) is 11.5 Å². The molecule has 76 valence electrons. The molecule has 1 aromatic carbocycles. The molecule has 0 aliphatic carbocycles. The van der Waals surface area contributed by atoms with Crippen LogP contribution in [0.3, 0.4) is 0 Å². The largest absolute Gasteiger partial charge is 0.324 e. The van der Waals surface area contributed by atoms with Crippen LogP contribution in [0.4, 0.5) is 0 Å². The predicted molar refractivity (Wildman–Crippen MR) is 58.4 cm³/mol. The quantitative estimate of drug-likeness (QED) is 0.740. The van der Waals surface area contributed by atoms with Crippen molar-refractivity contribution in [1.82, 2.24) is 0 Å². The van der Waals surface area contributed by atoms with Gasteiger partial charge in [0.15, 0.2) is 5.78 Å². The van der Waals surface area contributed by atoms with Gasteiger partial charge in [0.25, 0.3) is 0 Å². The van der Waals surface area contributed by atoms with E-state index in [2.05, 4.69) is 13.8 Å². The summed E-state index contributed by atoms with van der Waals surface area (Å²) >= 11 is 0. The zero-order valence-corrected chi connectivity index (χ0v) is 8.79. The first-order valence-corrected chi connectivity index (χ1v) is 4.95. The summed E-state index contributed by atoms with van der Waals surface area (Å²) in [6, 6.07) is 7.71. The molecule has 1 rings (SSSR count). The topological polar surface area (TPSA) is 43.1 Å². The third kappa shape index (κ3) is 2.96. The number of rotatable bonds is 4. The second-order valence-corrected chi connectivity index (χ2v) is 3.92. The van der Waals surface area contributed by atoms with Gasteiger partial charge in [-0.25, -0.2) is 0 Å². The van der Waals surface area contributed by atoms with Gasteiger partial charge in [-0.15, -0.1) is 0 Å². The maximum Gasteiger partial charge on any atom is 0.176 e. The summed E-state index contributed by atoms with van der Waals surface area (Å²) in [6.45, 7) is 4.45. The van der Waals surface area contributed by atoms with Gasteiger partial charge in [-0.2, -0.15) is 0 Å². The predicted octanol–water partition coefficient (Wildman–Crippen LogP) is 2.03. The smallest absolute Gasteiger partial charge is 0.176 e. The molecule has 0 unspecified atom stereocenters. The Hall–Kier alpha value is -1.15. The van der Waals surface area contributed by atoms with E-state index in [0.717, 1.165) is 6.42 Å². The molecule has 0 aromatic heterocycles. The van der Waals surface area contributed by atoms with E-state index < -0.39 is 0 Å². The van der Waals surface area contributed by atoms with Crippen LogP contribution in [0.2, 0.25) is 0 Å². The third-order valence-corrected chi connectivity index (χ3v) is 2.11. The van der Waals surface area contributed by atoms with Gasteiger partial charge in [0.1, 0.15) is 0 Å². The van der Waals surface area contributed by atoms with Crippen molar-refractivity contribution in [3.63, 3.8) is 0 Å². The summed E-state index contributed by atoms with van der Waals surface area (Å²) in [6.07, 6.45) is 1.05. The number of carbonyl (C=O) groups is 1. The van der Waals surface area contributed by atoms with Gasteiger partial charge < -0.3 is 5.73 Å². The zero-order chi connectivity index (χ0) is 10.6. The van der Waals surface area contributed by atoms with Crippen molar-refractivity contribution >= 4 is 5.78 Å². The Morgan fingerprint density at radius 2 is 1.86 bits per heavy atom. The van der Waals surface area contributed by atoms with E-state index in [1.165, 1.54) is 5.56 Å². The number of hydrogen-bond acceptors (Lipinski definition) is 2. The van der Waals surface area contributed by atoms with Crippen LogP contribution in [0.1, 0.15) is 29.8 Å². The summed E-state index contributed by atoms with van der Waals surface area (Å²) < 4.78 is 0. The van der Waals surface area contributed by atoms with Crippen molar-refractivity contribution in [3.8, 4) is 0 Å². The fourth-order valence-electron chi connectivity index (χ4n) is 1.42. The van der Waals surface area contributed by atoms with E-state index >= 15 is 0 Å². The van der Waals surface area contributed by atoms with Gasteiger partial charge in [0, 0.05) is 5.56 Å². The number of carbonyl (C=O) groups excluding carboxylic acids is 1. The molecule has 14 heavy (non-hydrogen) atoms. The molecule has 0 saturated heterocycles. The SMILES string of the molecule is CC(C)Cc1ccc(C(=O)CN)cc1. The van der Waals surface area contributed by atoms with E-state index in [-0.39, 0.29) is 12.3 Å². The van der Waals surface area contributed by atoms with Gasteiger partial charge >= 0.3 is 0 Å². The van der Waals surface area contributed by atoms with Crippen molar-refractivity contribution in [2.45, 2.75) is 20.3 Å². The monoisotopic (exact) mass is 191 g/mol.